The lowest BCUT2D eigenvalue weighted by Gasteiger charge is -2.25. The number of methoxy groups -OCH3 is 1. The number of aliphatic hydroxyl groups excluding tert-OH is 1. The number of aromatic nitrogens is 2. The highest BCUT2D eigenvalue weighted by molar-refractivity contribution is 8.18. The lowest BCUT2D eigenvalue weighted by Crippen LogP contribution is -2.37. The summed E-state index contributed by atoms with van der Waals surface area (Å²) < 4.78 is 47.2. The quantitative estimate of drug-likeness (QED) is 0.331. The number of benzene rings is 2. The number of fused-ring (bicyclic) bond motifs is 1. The van der Waals surface area contributed by atoms with Gasteiger partial charge >= 0.3 is 6.18 Å². The van der Waals surface area contributed by atoms with E-state index in [1.54, 1.807) is 37.6 Å². The number of aliphatic hydroxyl groups is 1. The number of amides is 2. The molecule has 2 fully saturated rings. The molecule has 2 atom stereocenters. The molecule has 3 heterocycles. The molecule has 41 heavy (non-hydrogen) atoms. The SMILES string of the molecule is COCCN1CC(O)CC1CCN1C(=O)SC(=Cc2ccc3c(cnn3Cc3ccc(Cl)cc3C(F)(F)F)c2)C1=O. The topological polar surface area (TPSA) is 87.9 Å². The largest absolute Gasteiger partial charge is 0.416 e. The molecule has 13 heteroatoms. The number of carbonyl (C=O) groups excluding carboxylic acids is 2. The van der Waals surface area contributed by atoms with Crippen molar-refractivity contribution in [2.45, 2.75) is 37.7 Å². The Morgan fingerprint density at radius 1 is 1.20 bits per heavy atom. The minimum Gasteiger partial charge on any atom is -0.392 e. The van der Waals surface area contributed by atoms with Crippen molar-refractivity contribution in [1.29, 1.82) is 0 Å². The Labute approximate surface area is 243 Å². The van der Waals surface area contributed by atoms with Crippen LogP contribution < -0.4 is 0 Å². The summed E-state index contributed by atoms with van der Waals surface area (Å²) in [5, 5.41) is 14.7. The van der Waals surface area contributed by atoms with Gasteiger partial charge in [0.25, 0.3) is 11.1 Å². The summed E-state index contributed by atoms with van der Waals surface area (Å²) in [7, 11) is 1.62. The number of imide groups is 1. The molecule has 1 aromatic heterocycles. The number of halogens is 4. The van der Waals surface area contributed by atoms with Gasteiger partial charge in [-0.3, -0.25) is 24.1 Å². The number of β-amino-alcohol motifs (C(OH)–C–C–N with tert-alkyl or cyclic N) is 1. The first-order chi connectivity index (χ1) is 19.5. The van der Waals surface area contributed by atoms with Crippen molar-refractivity contribution < 1.29 is 32.6 Å². The molecule has 2 aliphatic heterocycles. The summed E-state index contributed by atoms with van der Waals surface area (Å²) in [6, 6.07) is 8.94. The van der Waals surface area contributed by atoms with Crippen molar-refractivity contribution in [2.75, 3.05) is 33.4 Å². The fourth-order valence-electron chi connectivity index (χ4n) is 5.30. The van der Waals surface area contributed by atoms with E-state index in [1.807, 2.05) is 0 Å². The second-order valence-corrected chi connectivity index (χ2v) is 11.5. The zero-order valence-corrected chi connectivity index (χ0v) is 23.7. The molecule has 0 radical (unpaired) electrons. The maximum absolute atomic E-state index is 13.5. The van der Waals surface area contributed by atoms with Gasteiger partial charge in [0.2, 0.25) is 0 Å². The fourth-order valence-corrected chi connectivity index (χ4v) is 6.33. The van der Waals surface area contributed by atoms with Gasteiger partial charge in [-0.15, -0.1) is 0 Å². The van der Waals surface area contributed by atoms with E-state index in [0.717, 1.165) is 17.8 Å². The maximum atomic E-state index is 13.5. The van der Waals surface area contributed by atoms with Crippen LogP contribution in [0.3, 0.4) is 0 Å². The third-order valence-electron chi connectivity index (χ3n) is 7.31. The van der Waals surface area contributed by atoms with Gasteiger partial charge in [0.1, 0.15) is 0 Å². The molecular weight excluding hydrogens is 581 g/mol. The Balaban J connectivity index is 1.28. The van der Waals surface area contributed by atoms with Gasteiger partial charge in [0.05, 0.1) is 41.4 Å². The summed E-state index contributed by atoms with van der Waals surface area (Å²) in [5.74, 6) is -0.375. The number of rotatable bonds is 9. The van der Waals surface area contributed by atoms with Crippen LogP contribution in [0.4, 0.5) is 18.0 Å². The molecule has 2 aromatic carbocycles. The van der Waals surface area contributed by atoms with Crippen molar-refractivity contribution >= 4 is 51.5 Å². The number of ether oxygens (including phenoxy) is 1. The van der Waals surface area contributed by atoms with Crippen molar-refractivity contribution in [2.24, 2.45) is 0 Å². The van der Waals surface area contributed by atoms with E-state index >= 15 is 0 Å². The normalized spacial score (nSPS) is 21.2. The third-order valence-corrected chi connectivity index (χ3v) is 8.45. The summed E-state index contributed by atoms with van der Waals surface area (Å²) in [4.78, 5) is 29.4. The fraction of sp³-hybridized carbons (Fsp3) is 0.393. The van der Waals surface area contributed by atoms with Crippen LogP contribution in [0.25, 0.3) is 17.0 Å². The van der Waals surface area contributed by atoms with Crippen molar-refractivity contribution in [1.82, 2.24) is 19.6 Å². The summed E-state index contributed by atoms with van der Waals surface area (Å²) in [5.41, 5.74) is 0.510. The second-order valence-electron chi connectivity index (χ2n) is 10.1. The van der Waals surface area contributed by atoms with Crippen LogP contribution in [-0.4, -0.2) is 81.3 Å². The van der Waals surface area contributed by atoms with Crippen molar-refractivity contribution in [3.8, 4) is 0 Å². The number of carbonyl (C=O) groups is 2. The van der Waals surface area contributed by atoms with Crippen LogP contribution >= 0.6 is 23.4 Å². The Bertz CT molecular complexity index is 1490. The van der Waals surface area contributed by atoms with Gasteiger partial charge in [0.15, 0.2) is 0 Å². The first kappa shape index (κ1) is 29.6. The Hall–Kier alpha value is -2.90. The van der Waals surface area contributed by atoms with E-state index in [0.29, 0.717) is 53.9 Å². The average molecular weight is 609 g/mol. The molecule has 0 spiro atoms. The predicted octanol–water partition coefficient (Wildman–Crippen LogP) is 5.26. The van der Waals surface area contributed by atoms with Gasteiger partial charge in [0, 0.05) is 43.2 Å². The first-order valence-electron chi connectivity index (χ1n) is 13.0. The molecule has 2 unspecified atom stereocenters. The number of hydrogen-bond acceptors (Lipinski definition) is 7. The Morgan fingerprint density at radius 3 is 2.76 bits per heavy atom. The monoisotopic (exact) mass is 608 g/mol. The number of nitrogens with zero attached hydrogens (tertiary/aromatic N) is 4. The third kappa shape index (κ3) is 6.62. The average Bonchev–Trinajstić information content (AvgIpc) is 3.56. The molecule has 5 rings (SSSR count). The first-order valence-corrected chi connectivity index (χ1v) is 14.2. The molecule has 2 amide bonds. The summed E-state index contributed by atoms with van der Waals surface area (Å²) >= 11 is 6.67. The van der Waals surface area contributed by atoms with Gasteiger partial charge < -0.3 is 9.84 Å². The maximum Gasteiger partial charge on any atom is 0.416 e. The smallest absolute Gasteiger partial charge is 0.392 e. The molecule has 0 saturated carbocycles. The molecule has 2 aliphatic rings. The Morgan fingerprint density at radius 2 is 2.00 bits per heavy atom. The molecule has 218 valence electrons. The molecule has 3 aromatic rings. The minimum atomic E-state index is -4.55. The van der Waals surface area contributed by atoms with E-state index in [2.05, 4.69) is 10.00 Å². The lowest BCUT2D eigenvalue weighted by atomic mass is 10.1. The highest BCUT2D eigenvalue weighted by atomic mass is 35.5. The van der Waals surface area contributed by atoms with Crippen LogP contribution in [0.15, 0.2) is 47.5 Å². The molecule has 2 saturated heterocycles. The number of thioether (sulfide) groups is 1. The van der Waals surface area contributed by atoms with Gasteiger partial charge in [-0.25, -0.2) is 0 Å². The van der Waals surface area contributed by atoms with E-state index in [-0.39, 0.29) is 40.9 Å². The van der Waals surface area contributed by atoms with Gasteiger partial charge in [-0.05, 0) is 66.1 Å². The van der Waals surface area contributed by atoms with Gasteiger partial charge in [-0.1, -0.05) is 23.7 Å². The number of likely N-dealkylation sites (tertiary alicyclic amines) is 1. The molecule has 0 bridgehead atoms. The number of hydrogen-bond donors (Lipinski definition) is 1. The van der Waals surface area contributed by atoms with E-state index in [9.17, 15) is 27.9 Å². The second kappa shape index (κ2) is 12.1. The van der Waals surface area contributed by atoms with Crippen molar-refractivity contribution in [3.05, 3.63) is 69.2 Å². The number of alkyl halides is 3. The zero-order valence-electron chi connectivity index (χ0n) is 22.1. The van der Waals surface area contributed by atoms with Crippen molar-refractivity contribution in [3.63, 3.8) is 0 Å². The van der Waals surface area contributed by atoms with Crippen LogP contribution in [0.1, 0.15) is 29.5 Å². The standard InChI is InChI=1S/C28H28ClF3N4O4S/c1-40-9-8-34-16-22(37)13-21(34)6-7-35-26(38)25(41-27(35)39)11-17-2-5-24-19(10-17)14-33-36(24)15-18-3-4-20(29)12-23(18)28(30,31)32/h2-5,10-12,14,21-22,37H,6-9,13,15-16H2,1H3. The van der Waals surface area contributed by atoms with Crippen LogP contribution in [0.5, 0.6) is 0 Å². The zero-order chi connectivity index (χ0) is 29.3. The highest BCUT2D eigenvalue weighted by Crippen LogP contribution is 2.36. The highest BCUT2D eigenvalue weighted by Gasteiger charge is 2.37. The molecular formula is C28H28ClF3N4O4S. The molecule has 8 nitrogen and oxygen atoms in total. The summed E-state index contributed by atoms with van der Waals surface area (Å²) in [6.07, 6.45) is -0.676. The van der Waals surface area contributed by atoms with E-state index in [1.165, 1.54) is 21.7 Å². The van der Waals surface area contributed by atoms with Crippen LogP contribution in [0.2, 0.25) is 5.02 Å². The molecule has 1 N–H and O–H groups in total. The Kier molecular flexibility index (Phi) is 8.76. The van der Waals surface area contributed by atoms with E-state index in [4.69, 9.17) is 16.3 Å². The van der Waals surface area contributed by atoms with Crippen LogP contribution in [0, 0.1) is 0 Å². The lowest BCUT2D eigenvalue weighted by molar-refractivity contribution is -0.138. The van der Waals surface area contributed by atoms with Gasteiger partial charge in [-0.2, -0.15) is 18.3 Å². The minimum absolute atomic E-state index is 0.00170. The van der Waals surface area contributed by atoms with E-state index < -0.39 is 17.8 Å². The molecule has 0 aliphatic carbocycles. The predicted molar refractivity (Wildman–Crippen MR) is 150 cm³/mol. The summed E-state index contributed by atoms with van der Waals surface area (Å²) in [6.45, 7) is 1.89. The van der Waals surface area contributed by atoms with Crippen LogP contribution in [-0.2, 0) is 22.3 Å².